The first-order valence-electron chi connectivity index (χ1n) is 7.42. The highest BCUT2D eigenvalue weighted by Gasteiger charge is 2.21. The van der Waals surface area contributed by atoms with E-state index in [-0.39, 0.29) is 12.5 Å². The maximum atomic E-state index is 12.7. The van der Waals surface area contributed by atoms with Crippen molar-refractivity contribution in [3.8, 4) is 0 Å². The number of carboxylic acids is 1. The highest BCUT2D eigenvalue weighted by Crippen LogP contribution is 2.17. The molecule has 122 valence electrons. The van der Waals surface area contributed by atoms with Crippen LogP contribution in [-0.2, 0) is 17.8 Å². The van der Waals surface area contributed by atoms with Gasteiger partial charge in [0, 0.05) is 23.8 Å². The maximum Gasteiger partial charge on any atom is 0.323 e. The van der Waals surface area contributed by atoms with E-state index < -0.39 is 5.97 Å². The molecular weight excluding hydrogens is 360 g/mol. The second-order valence-electron chi connectivity index (χ2n) is 5.19. The first kappa shape index (κ1) is 17.3. The molecule has 1 amide bonds. The van der Waals surface area contributed by atoms with Gasteiger partial charge in [-0.25, -0.2) is 0 Å². The van der Waals surface area contributed by atoms with Gasteiger partial charge >= 0.3 is 5.97 Å². The number of amides is 1. The summed E-state index contributed by atoms with van der Waals surface area (Å²) in [4.78, 5) is 25.2. The Bertz CT molecular complexity index is 682. The molecule has 23 heavy (non-hydrogen) atoms. The predicted molar refractivity (Wildman–Crippen MR) is 91.5 cm³/mol. The smallest absolute Gasteiger partial charge is 0.323 e. The molecule has 1 heterocycles. The van der Waals surface area contributed by atoms with E-state index >= 15 is 0 Å². The molecule has 0 saturated carbocycles. The summed E-state index contributed by atoms with van der Waals surface area (Å²) >= 11 is 3.36. The van der Waals surface area contributed by atoms with Crippen LogP contribution in [0.4, 0.5) is 0 Å². The van der Waals surface area contributed by atoms with E-state index in [1.807, 2.05) is 48.0 Å². The van der Waals surface area contributed by atoms with E-state index in [0.29, 0.717) is 25.2 Å². The van der Waals surface area contributed by atoms with Crippen molar-refractivity contribution >= 4 is 27.8 Å². The number of hydrogen-bond acceptors (Lipinski definition) is 2. The second-order valence-corrected chi connectivity index (χ2v) is 6.10. The molecule has 0 bridgehead atoms. The van der Waals surface area contributed by atoms with Crippen LogP contribution in [0.25, 0.3) is 0 Å². The molecule has 0 saturated heterocycles. The van der Waals surface area contributed by atoms with Crippen molar-refractivity contribution in [1.29, 1.82) is 0 Å². The average Bonchev–Trinajstić information content (AvgIpc) is 2.92. The first-order chi connectivity index (χ1) is 11.0. The van der Waals surface area contributed by atoms with Crippen molar-refractivity contribution < 1.29 is 14.7 Å². The SMILES string of the molecule is CCn1cc(Br)cc1C(=O)N(CCc1ccccc1)CC(=O)O. The Morgan fingerprint density at radius 2 is 1.96 bits per heavy atom. The summed E-state index contributed by atoms with van der Waals surface area (Å²) < 4.78 is 2.62. The normalized spacial score (nSPS) is 10.5. The fraction of sp³-hybridized carbons (Fsp3) is 0.294. The standard InChI is InChI=1S/C17H19BrN2O3/c1-2-19-11-14(18)10-15(19)17(23)20(12-16(21)22)9-8-13-6-4-3-5-7-13/h3-7,10-11H,2,8-9,12H2,1H3,(H,21,22). The Morgan fingerprint density at radius 1 is 1.26 bits per heavy atom. The zero-order valence-corrected chi connectivity index (χ0v) is 14.5. The third kappa shape index (κ3) is 4.69. The number of nitrogens with zero attached hydrogens (tertiary/aromatic N) is 2. The number of halogens is 1. The van der Waals surface area contributed by atoms with Gasteiger partial charge in [0.2, 0.25) is 0 Å². The lowest BCUT2D eigenvalue weighted by Gasteiger charge is -2.21. The summed E-state index contributed by atoms with van der Waals surface area (Å²) in [6.07, 6.45) is 2.44. The van der Waals surface area contributed by atoms with E-state index in [0.717, 1.165) is 10.0 Å². The largest absolute Gasteiger partial charge is 0.480 e. The Kier molecular flexibility index (Phi) is 5.98. The molecule has 0 spiro atoms. The van der Waals surface area contributed by atoms with E-state index in [4.69, 9.17) is 5.11 Å². The highest BCUT2D eigenvalue weighted by atomic mass is 79.9. The molecule has 1 N–H and O–H groups in total. The number of aryl methyl sites for hydroxylation is 1. The van der Waals surface area contributed by atoms with Crippen molar-refractivity contribution in [2.75, 3.05) is 13.1 Å². The minimum absolute atomic E-state index is 0.268. The lowest BCUT2D eigenvalue weighted by molar-refractivity contribution is -0.137. The number of benzene rings is 1. The number of aromatic nitrogens is 1. The van der Waals surface area contributed by atoms with Crippen LogP contribution in [0.2, 0.25) is 0 Å². The molecule has 0 aliphatic carbocycles. The van der Waals surface area contributed by atoms with Crippen LogP contribution in [0.5, 0.6) is 0 Å². The van der Waals surface area contributed by atoms with Crippen LogP contribution in [0.1, 0.15) is 23.0 Å². The van der Waals surface area contributed by atoms with Crippen molar-refractivity contribution in [2.45, 2.75) is 19.9 Å². The lowest BCUT2D eigenvalue weighted by Crippen LogP contribution is -2.38. The third-order valence-corrected chi connectivity index (χ3v) is 3.98. The number of carboxylic acid groups (broad SMARTS) is 1. The molecule has 0 fully saturated rings. The van der Waals surface area contributed by atoms with Crippen LogP contribution in [0, 0.1) is 0 Å². The maximum absolute atomic E-state index is 12.7. The second kappa shape index (κ2) is 7.97. The zero-order valence-electron chi connectivity index (χ0n) is 12.9. The number of hydrogen-bond donors (Lipinski definition) is 1. The van der Waals surface area contributed by atoms with Gasteiger partial charge in [-0.15, -0.1) is 0 Å². The van der Waals surface area contributed by atoms with Crippen molar-refractivity contribution in [3.63, 3.8) is 0 Å². The molecule has 0 atom stereocenters. The van der Waals surface area contributed by atoms with E-state index in [9.17, 15) is 9.59 Å². The number of aliphatic carboxylic acids is 1. The number of carbonyl (C=O) groups is 2. The van der Waals surface area contributed by atoms with Gasteiger partial charge in [-0.1, -0.05) is 30.3 Å². The molecule has 0 aliphatic heterocycles. The summed E-state index contributed by atoms with van der Waals surface area (Å²) in [7, 11) is 0. The van der Waals surface area contributed by atoms with E-state index in [2.05, 4.69) is 15.9 Å². The number of carbonyl (C=O) groups excluding carboxylic acids is 1. The molecule has 5 nitrogen and oxygen atoms in total. The molecule has 1 aromatic heterocycles. The van der Waals surface area contributed by atoms with Gasteiger partial charge in [-0.2, -0.15) is 0 Å². The molecule has 2 aromatic rings. The fourth-order valence-corrected chi connectivity index (χ4v) is 2.87. The summed E-state index contributed by atoms with van der Waals surface area (Å²) in [5.74, 6) is -1.28. The Hall–Kier alpha value is -2.08. The van der Waals surface area contributed by atoms with Gasteiger partial charge in [0.25, 0.3) is 5.91 Å². The first-order valence-corrected chi connectivity index (χ1v) is 8.21. The van der Waals surface area contributed by atoms with Crippen LogP contribution < -0.4 is 0 Å². The fourth-order valence-electron chi connectivity index (χ4n) is 2.40. The van der Waals surface area contributed by atoms with Crippen molar-refractivity contribution in [2.24, 2.45) is 0 Å². The van der Waals surface area contributed by atoms with Gasteiger partial charge in [0.05, 0.1) is 0 Å². The Labute approximate surface area is 143 Å². The number of rotatable bonds is 7. The van der Waals surface area contributed by atoms with Crippen LogP contribution in [-0.4, -0.2) is 39.5 Å². The lowest BCUT2D eigenvalue weighted by atomic mass is 10.1. The topological polar surface area (TPSA) is 62.5 Å². The molecule has 0 aliphatic rings. The van der Waals surface area contributed by atoms with Crippen molar-refractivity contribution in [3.05, 3.63) is 58.3 Å². The van der Waals surface area contributed by atoms with Crippen LogP contribution in [0.15, 0.2) is 47.1 Å². The Morgan fingerprint density at radius 3 is 2.57 bits per heavy atom. The monoisotopic (exact) mass is 378 g/mol. The molecule has 0 unspecified atom stereocenters. The molecular formula is C17H19BrN2O3. The van der Waals surface area contributed by atoms with Gasteiger partial charge in [0.15, 0.2) is 0 Å². The molecule has 0 radical (unpaired) electrons. The summed E-state index contributed by atoms with van der Waals surface area (Å²) in [5.41, 5.74) is 1.57. The van der Waals surface area contributed by atoms with Crippen molar-refractivity contribution in [1.82, 2.24) is 9.47 Å². The van der Waals surface area contributed by atoms with E-state index in [1.165, 1.54) is 4.90 Å². The Balaban J connectivity index is 2.16. The minimum atomic E-state index is -1.01. The van der Waals surface area contributed by atoms with Crippen LogP contribution >= 0.6 is 15.9 Å². The molecule has 2 rings (SSSR count). The molecule has 1 aromatic carbocycles. The van der Waals surface area contributed by atoms with Gasteiger partial charge in [-0.3, -0.25) is 9.59 Å². The summed E-state index contributed by atoms with van der Waals surface area (Å²) in [6, 6.07) is 11.4. The summed E-state index contributed by atoms with van der Waals surface area (Å²) in [6.45, 7) is 2.64. The van der Waals surface area contributed by atoms with Gasteiger partial charge in [-0.05, 0) is 40.9 Å². The predicted octanol–water partition coefficient (Wildman–Crippen LogP) is 3.04. The van der Waals surface area contributed by atoms with Crippen LogP contribution in [0.3, 0.4) is 0 Å². The average molecular weight is 379 g/mol. The van der Waals surface area contributed by atoms with Gasteiger partial charge < -0.3 is 14.6 Å². The highest BCUT2D eigenvalue weighted by molar-refractivity contribution is 9.10. The quantitative estimate of drug-likeness (QED) is 0.805. The van der Waals surface area contributed by atoms with Gasteiger partial charge in [0.1, 0.15) is 12.2 Å². The third-order valence-electron chi connectivity index (χ3n) is 3.55. The summed E-state index contributed by atoms with van der Waals surface area (Å²) in [5, 5.41) is 9.10. The zero-order chi connectivity index (χ0) is 16.8. The molecule has 6 heteroatoms. The minimum Gasteiger partial charge on any atom is -0.480 e. The van der Waals surface area contributed by atoms with E-state index in [1.54, 1.807) is 6.07 Å².